The van der Waals surface area contributed by atoms with E-state index in [2.05, 4.69) is 11.6 Å². The van der Waals surface area contributed by atoms with Gasteiger partial charge in [-0.2, -0.15) is 4.99 Å². The zero-order chi connectivity index (χ0) is 20.1. The number of allylic oxidation sites excluding steroid dienone is 1. The summed E-state index contributed by atoms with van der Waals surface area (Å²) in [5.41, 5.74) is 0.963. The molecular weight excluding hydrogens is 396 g/mol. The van der Waals surface area contributed by atoms with Crippen LogP contribution < -0.4 is 9.54 Å². The number of thiazole rings is 1. The van der Waals surface area contributed by atoms with Crippen molar-refractivity contribution in [1.29, 1.82) is 0 Å². The van der Waals surface area contributed by atoms with Crippen molar-refractivity contribution in [1.82, 2.24) is 4.57 Å². The van der Waals surface area contributed by atoms with Gasteiger partial charge in [-0.05, 0) is 36.4 Å². The molecule has 1 amide bonds. The third-order valence-corrected chi connectivity index (χ3v) is 6.91. The van der Waals surface area contributed by atoms with Crippen molar-refractivity contribution in [3.05, 3.63) is 66.0 Å². The molecule has 3 rings (SSSR count). The number of benzene rings is 2. The SMILES string of the molecule is C=CCn1c(=NC(=O)CCS(=O)(=O)c2ccc(OC)cc2)sc2ccccc21. The highest BCUT2D eigenvalue weighted by molar-refractivity contribution is 7.91. The van der Waals surface area contributed by atoms with Crippen LogP contribution in [0.1, 0.15) is 6.42 Å². The van der Waals surface area contributed by atoms with Gasteiger partial charge in [0.1, 0.15) is 5.75 Å². The lowest BCUT2D eigenvalue weighted by Gasteiger charge is -2.04. The Bertz CT molecular complexity index is 1170. The Morgan fingerprint density at radius 1 is 1.21 bits per heavy atom. The Kier molecular flexibility index (Phi) is 6.11. The Morgan fingerprint density at radius 2 is 1.93 bits per heavy atom. The van der Waals surface area contributed by atoms with Crippen molar-refractivity contribution in [2.45, 2.75) is 17.9 Å². The molecular formula is C20H20N2O4S2. The smallest absolute Gasteiger partial charge is 0.249 e. The summed E-state index contributed by atoms with van der Waals surface area (Å²) in [6.45, 7) is 4.26. The van der Waals surface area contributed by atoms with Gasteiger partial charge in [-0.25, -0.2) is 8.42 Å². The minimum absolute atomic E-state index is 0.157. The van der Waals surface area contributed by atoms with Gasteiger partial charge in [0, 0.05) is 13.0 Å². The summed E-state index contributed by atoms with van der Waals surface area (Å²) in [5.74, 6) is -0.198. The zero-order valence-electron chi connectivity index (χ0n) is 15.4. The quantitative estimate of drug-likeness (QED) is 0.554. The maximum Gasteiger partial charge on any atom is 0.249 e. The number of aromatic nitrogens is 1. The molecule has 0 saturated heterocycles. The van der Waals surface area contributed by atoms with E-state index in [9.17, 15) is 13.2 Å². The van der Waals surface area contributed by atoms with E-state index in [0.717, 1.165) is 10.2 Å². The Labute approximate surface area is 167 Å². The number of carbonyl (C=O) groups excluding carboxylic acids is 1. The zero-order valence-corrected chi connectivity index (χ0v) is 17.0. The van der Waals surface area contributed by atoms with Crippen molar-refractivity contribution >= 4 is 37.3 Å². The number of nitrogens with zero attached hydrogens (tertiary/aromatic N) is 2. The standard InChI is InChI=1S/C20H20N2O4S2/c1-3-13-22-17-6-4-5-7-18(17)27-20(22)21-19(23)12-14-28(24,25)16-10-8-15(26-2)9-11-16/h3-11H,1,12-14H2,2H3. The van der Waals surface area contributed by atoms with Crippen LogP contribution in [0, 0.1) is 0 Å². The Morgan fingerprint density at radius 3 is 2.61 bits per heavy atom. The van der Waals surface area contributed by atoms with E-state index in [1.54, 1.807) is 18.2 Å². The van der Waals surface area contributed by atoms with Gasteiger partial charge in [-0.1, -0.05) is 29.5 Å². The molecule has 0 saturated carbocycles. The fourth-order valence-electron chi connectivity index (χ4n) is 2.70. The molecule has 2 aromatic carbocycles. The van der Waals surface area contributed by atoms with E-state index in [1.165, 1.54) is 30.6 Å². The molecule has 8 heteroatoms. The maximum atomic E-state index is 12.4. The van der Waals surface area contributed by atoms with Crippen LogP contribution in [0.15, 0.2) is 71.1 Å². The first-order chi connectivity index (χ1) is 13.4. The average Bonchev–Trinajstić information content (AvgIpc) is 3.04. The maximum absolute atomic E-state index is 12.4. The minimum Gasteiger partial charge on any atom is -0.497 e. The molecule has 0 radical (unpaired) electrons. The molecule has 0 aliphatic heterocycles. The molecule has 0 unspecified atom stereocenters. The predicted octanol–water partition coefficient (Wildman–Crippen LogP) is 3.19. The second kappa shape index (κ2) is 8.53. The van der Waals surface area contributed by atoms with Gasteiger partial charge in [-0.3, -0.25) is 4.79 Å². The highest BCUT2D eigenvalue weighted by Gasteiger charge is 2.17. The number of rotatable bonds is 7. The lowest BCUT2D eigenvalue weighted by atomic mass is 10.3. The fraction of sp³-hybridized carbons (Fsp3) is 0.200. The molecule has 146 valence electrons. The highest BCUT2D eigenvalue weighted by Crippen LogP contribution is 2.18. The Hall–Kier alpha value is -2.71. The lowest BCUT2D eigenvalue weighted by Crippen LogP contribution is -2.17. The molecule has 0 bridgehead atoms. The molecule has 3 aromatic rings. The van der Waals surface area contributed by atoms with Crippen molar-refractivity contribution in [2.75, 3.05) is 12.9 Å². The largest absolute Gasteiger partial charge is 0.497 e. The van der Waals surface area contributed by atoms with Crippen LogP contribution in [0.3, 0.4) is 0 Å². The number of sulfone groups is 1. The molecule has 0 fully saturated rings. The molecule has 28 heavy (non-hydrogen) atoms. The number of hydrogen-bond acceptors (Lipinski definition) is 5. The molecule has 0 spiro atoms. The number of carbonyl (C=O) groups is 1. The summed E-state index contributed by atoms with van der Waals surface area (Å²) in [4.78, 5) is 17.2. The lowest BCUT2D eigenvalue weighted by molar-refractivity contribution is -0.117. The van der Waals surface area contributed by atoms with Crippen LogP contribution in [0.2, 0.25) is 0 Å². The third kappa shape index (κ3) is 4.40. The summed E-state index contributed by atoms with van der Waals surface area (Å²) in [5, 5.41) is 0. The first-order valence-electron chi connectivity index (χ1n) is 8.58. The van der Waals surface area contributed by atoms with Gasteiger partial charge < -0.3 is 9.30 Å². The summed E-state index contributed by atoms with van der Waals surface area (Å²) in [6, 6.07) is 13.8. The monoisotopic (exact) mass is 416 g/mol. The first-order valence-corrected chi connectivity index (χ1v) is 11.0. The summed E-state index contributed by atoms with van der Waals surface area (Å²) in [7, 11) is -2.06. The first kappa shape index (κ1) is 20.0. The van der Waals surface area contributed by atoms with Crippen LogP contribution in [0.5, 0.6) is 5.75 Å². The van der Waals surface area contributed by atoms with Crippen LogP contribution in [0.4, 0.5) is 0 Å². The second-order valence-electron chi connectivity index (χ2n) is 6.00. The molecule has 1 heterocycles. The normalized spacial score (nSPS) is 12.2. The van der Waals surface area contributed by atoms with Gasteiger partial charge in [0.15, 0.2) is 14.6 Å². The number of hydrogen-bond donors (Lipinski definition) is 0. The average molecular weight is 417 g/mol. The molecule has 1 aromatic heterocycles. The number of ether oxygens (including phenoxy) is 1. The molecule has 0 N–H and O–H groups in total. The molecule has 0 aliphatic carbocycles. The minimum atomic E-state index is -3.57. The topological polar surface area (TPSA) is 77.7 Å². The van der Waals surface area contributed by atoms with Crippen LogP contribution in [0.25, 0.3) is 10.2 Å². The number of methoxy groups -OCH3 is 1. The summed E-state index contributed by atoms with van der Waals surface area (Å²) in [6.07, 6.45) is 1.55. The van der Waals surface area contributed by atoms with E-state index in [4.69, 9.17) is 4.74 Å². The fourth-order valence-corrected chi connectivity index (χ4v) is 4.98. The van der Waals surface area contributed by atoms with Crippen LogP contribution >= 0.6 is 11.3 Å². The number of fused-ring (bicyclic) bond motifs is 1. The van der Waals surface area contributed by atoms with Crippen LogP contribution in [-0.2, 0) is 21.2 Å². The molecule has 0 aliphatic rings. The van der Waals surface area contributed by atoms with Gasteiger partial charge in [0.25, 0.3) is 0 Å². The third-order valence-electron chi connectivity index (χ3n) is 4.12. The van der Waals surface area contributed by atoms with Crippen molar-refractivity contribution in [3.8, 4) is 5.75 Å². The van der Waals surface area contributed by atoms with E-state index in [1.807, 2.05) is 28.8 Å². The van der Waals surface area contributed by atoms with E-state index >= 15 is 0 Å². The van der Waals surface area contributed by atoms with Gasteiger partial charge in [0.2, 0.25) is 5.91 Å². The van der Waals surface area contributed by atoms with Crippen molar-refractivity contribution in [2.24, 2.45) is 4.99 Å². The number of para-hydroxylation sites is 1. The predicted molar refractivity (Wildman–Crippen MR) is 110 cm³/mol. The van der Waals surface area contributed by atoms with Gasteiger partial charge in [0.05, 0.1) is 28.0 Å². The number of amides is 1. The van der Waals surface area contributed by atoms with Crippen LogP contribution in [-0.4, -0.2) is 31.8 Å². The highest BCUT2D eigenvalue weighted by atomic mass is 32.2. The van der Waals surface area contributed by atoms with Crippen molar-refractivity contribution < 1.29 is 17.9 Å². The molecule has 6 nitrogen and oxygen atoms in total. The van der Waals surface area contributed by atoms with E-state index in [0.29, 0.717) is 17.1 Å². The van der Waals surface area contributed by atoms with E-state index < -0.39 is 15.7 Å². The summed E-state index contributed by atoms with van der Waals surface area (Å²) < 4.78 is 32.8. The van der Waals surface area contributed by atoms with E-state index in [-0.39, 0.29) is 17.1 Å². The molecule has 0 atom stereocenters. The van der Waals surface area contributed by atoms with Gasteiger partial charge >= 0.3 is 0 Å². The van der Waals surface area contributed by atoms with Gasteiger partial charge in [-0.15, -0.1) is 6.58 Å². The second-order valence-corrected chi connectivity index (χ2v) is 9.12. The Balaban J connectivity index is 1.80. The summed E-state index contributed by atoms with van der Waals surface area (Å²) >= 11 is 1.39. The van der Waals surface area contributed by atoms with Crippen molar-refractivity contribution in [3.63, 3.8) is 0 Å².